The van der Waals surface area contributed by atoms with E-state index in [2.05, 4.69) is 9.97 Å². The molecule has 0 unspecified atom stereocenters. The lowest BCUT2D eigenvalue weighted by Crippen LogP contribution is -2.04. The van der Waals surface area contributed by atoms with Crippen LogP contribution in [0.3, 0.4) is 0 Å². The molecule has 0 atom stereocenters. The average Bonchev–Trinajstić information content (AvgIpc) is 2.69. The van der Waals surface area contributed by atoms with Crippen LogP contribution in [0.1, 0.15) is 5.56 Å². The summed E-state index contributed by atoms with van der Waals surface area (Å²) in [5.74, 6) is -1.22. The van der Waals surface area contributed by atoms with Crippen molar-refractivity contribution in [3.05, 3.63) is 53.9 Å². The number of hydrogen-bond acceptors (Lipinski definition) is 3. The molecule has 0 fully saturated rings. The Morgan fingerprint density at radius 2 is 1.89 bits per heavy atom. The third-order valence-corrected chi connectivity index (χ3v) is 2.89. The van der Waals surface area contributed by atoms with Crippen LogP contribution in [-0.2, 0) is 6.54 Å². The van der Waals surface area contributed by atoms with Crippen LogP contribution in [0.25, 0.3) is 11.0 Å². The van der Waals surface area contributed by atoms with E-state index >= 15 is 0 Å². The minimum Gasteiger partial charge on any atom is -0.369 e. The van der Waals surface area contributed by atoms with Gasteiger partial charge in [-0.3, -0.25) is 4.98 Å². The summed E-state index contributed by atoms with van der Waals surface area (Å²) in [6, 6.07) is 5.64. The van der Waals surface area contributed by atoms with Gasteiger partial charge in [-0.05, 0) is 17.7 Å². The first-order chi connectivity index (χ1) is 9.15. The normalized spacial score (nSPS) is 11.1. The summed E-state index contributed by atoms with van der Waals surface area (Å²) in [5.41, 5.74) is 7.11. The van der Waals surface area contributed by atoms with Crippen molar-refractivity contribution in [2.24, 2.45) is 0 Å². The van der Waals surface area contributed by atoms with Crippen LogP contribution in [-0.4, -0.2) is 14.5 Å². The van der Waals surface area contributed by atoms with Crippen LogP contribution in [0, 0.1) is 11.6 Å². The highest BCUT2D eigenvalue weighted by Gasteiger charge is 2.13. The number of aromatic nitrogens is 3. The molecule has 19 heavy (non-hydrogen) atoms. The molecule has 0 aliphatic carbocycles. The van der Waals surface area contributed by atoms with Gasteiger partial charge in [-0.1, -0.05) is 0 Å². The standard InChI is InChI=1S/C13H10F2N4/c14-9-5-10(15)12-11(6-9)19(13(16)18-12)7-8-1-3-17-4-2-8/h1-6H,7H2,(H2,16,18). The molecule has 2 N–H and O–H groups in total. The van der Waals surface area contributed by atoms with Crippen molar-refractivity contribution in [2.45, 2.75) is 6.54 Å². The molecule has 2 aromatic heterocycles. The lowest BCUT2D eigenvalue weighted by atomic mass is 10.2. The number of benzene rings is 1. The molecule has 0 spiro atoms. The molecule has 0 aliphatic heterocycles. The highest BCUT2D eigenvalue weighted by atomic mass is 19.1. The van der Waals surface area contributed by atoms with E-state index in [0.717, 1.165) is 11.6 Å². The molecule has 3 rings (SSSR count). The lowest BCUT2D eigenvalue weighted by Gasteiger charge is -2.06. The van der Waals surface area contributed by atoms with Gasteiger partial charge >= 0.3 is 0 Å². The number of nitrogen functional groups attached to an aromatic ring is 1. The predicted octanol–water partition coefficient (Wildman–Crippen LogP) is 2.34. The Bertz CT molecular complexity index is 737. The molecule has 1 aromatic carbocycles. The highest BCUT2D eigenvalue weighted by Crippen LogP contribution is 2.23. The second-order valence-corrected chi connectivity index (χ2v) is 4.17. The molecule has 0 amide bonds. The number of pyridine rings is 1. The van der Waals surface area contributed by atoms with Crippen molar-refractivity contribution >= 4 is 17.0 Å². The van der Waals surface area contributed by atoms with E-state index in [-0.39, 0.29) is 11.5 Å². The minimum absolute atomic E-state index is 0.0768. The maximum absolute atomic E-state index is 13.6. The zero-order chi connectivity index (χ0) is 13.4. The molecule has 96 valence electrons. The summed E-state index contributed by atoms with van der Waals surface area (Å²) in [4.78, 5) is 7.84. The van der Waals surface area contributed by atoms with Crippen LogP contribution < -0.4 is 5.73 Å². The van der Waals surface area contributed by atoms with Gasteiger partial charge in [-0.25, -0.2) is 13.8 Å². The maximum atomic E-state index is 13.6. The van der Waals surface area contributed by atoms with Gasteiger partial charge in [0.25, 0.3) is 0 Å². The number of fused-ring (bicyclic) bond motifs is 1. The number of rotatable bonds is 2. The molecule has 0 saturated heterocycles. The summed E-state index contributed by atoms with van der Waals surface area (Å²) in [5, 5.41) is 0. The minimum atomic E-state index is -0.713. The first kappa shape index (κ1) is 11.6. The molecule has 0 saturated carbocycles. The lowest BCUT2D eigenvalue weighted by molar-refractivity contribution is 0.590. The van der Waals surface area contributed by atoms with Gasteiger partial charge in [-0.2, -0.15) is 0 Å². The largest absolute Gasteiger partial charge is 0.369 e. The number of hydrogen-bond donors (Lipinski definition) is 1. The summed E-state index contributed by atoms with van der Waals surface area (Å²) in [6.07, 6.45) is 3.29. The van der Waals surface area contributed by atoms with E-state index in [1.54, 1.807) is 29.1 Å². The maximum Gasteiger partial charge on any atom is 0.201 e. The van der Waals surface area contributed by atoms with Gasteiger partial charge < -0.3 is 10.3 Å². The average molecular weight is 260 g/mol. The molecular formula is C13H10F2N4. The van der Waals surface area contributed by atoms with E-state index in [1.807, 2.05) is 0 Å². The summed E-state index contributed by atoms with van der Waals surface area (Å²) >= 11 is 0. The van der Waals surface area contributed by atoms with Gasteiger partial charge in [0.1, 0.15) is 11.3 Å². The zero-order valence-corrected chi connectivity index (χ0v) is 9.85. The first-order valence-electron chi connectivity index (χ1n) is 5.65. The predicted molar refractivity (Wildman–Crippen MR) is 67.4 cm³/mol. The number of nitrogens with zero attached hydrogens (tertiary/aromatic N) is 3. The smallest absolute Gasteiger partial charge is 0.201 e. The Hall–Kier alpha value is -2.50. The van der Waals surface area contributed by atoms with Gasteiger partial charge in [-0.15, -0.1) is 0 Å². The fraction of sp³-hybridized carbons (Fsp3) is 0.0769. The monoisotopic (exact) mass is 260 g/mol. The van der Waals surface area contributed by atoms with E-state index in [9.17, 15) is 8.78 Å². The highest BCUT2D eigenvalue weighted by molar-refractivity contribution is 5.79. The Morgan fingerprint density at radius 1 is 1.16 bits per heavy atom. The van der Waals surface area contributed by atoms with E-state index in [1.165, 1.54) is 6.07 Å². The quantitative estimate of drug-likeness (QED) is 0.769. The van der Waals surface area contributed by atoms with Gasteiger partial charge in [0.05, 0.1) is 12.1 Å². The van der Waals surface area contributed by atoms with Crippen molar-refractivity contribution < 1.29 is 8.78 Å². The van der Waals surface area contributed by atoms with Crippen molar-refractivity contribution in [3.8, 4) is 0 Å². The number of halogens is 2. The first-order valence-corrected chi connectivity index (χ1v) is 5.65. The van der Waals surface area contributed by atoms with E-state index in [0.29, 0.717) is 12.1 Å². The van der Waals surface area contributed by atoms with Crippen LogP contribution in [0.5, 0.6) is 0 Å². The number of anilines is 1. The fourth-order valence-electron chi connectivity index (χ4n) is 2.00. The molecule has 0 radical (unpaired) electrons. The second kappa shape index (κ2) is 4.31. The molecular weight excluding hydrogens is 250 g/mol. The van der Waals surface area contributed by atoms with Gasteiger partial charge in [0.15, 0.2) is 5.82 Å². The van der Waals surface area contributed by atoms with Crippen LogP contribution >= 0.6 is 0 Å². The van der Waals surface area contributed by atoms with Gasteiger partial charge in [0.2, 0.25) is 5.95 Å². The van der Waals surface area contributed by atoms with Crippen molar-refractivity contribution in [1.82, 2.24) is 14.5 Å². The van der Waals surface area contributed by atoms with E-state index in [4.69, 9.17) is 5.73 Å². The van der Waals surface area contributed by atoms with E-state index < -0.39 is 11.6 Å². The van der Waals surface area contributed by atoms with Crippen molar-refractivity contribution in [3.63, 3.8) is 0 Å². The molecule has 0 bridgehead atoms. The van der Waals surface area contributed by atoms with Crippen LogP contribution in [0.2, 0.25) is 0 Å². The Labute approximate surface area is 107 Å². The van der Waals surface area contributed by atoms with Crippen molar-refractivity contribution in [1.29, 1.82) is 0 Å². The Kier molecular flexibility index (Phi) is 2.63. The Morgan fingerprint density at radius 3 is 2.63 bits per heavy atom. The third kappa shape index (κ3) is 2.01. The molecule has 2 heterocycles. The summed E-state index contributed by atoms with van der Waals surface area (Å²) in [7, 11) is 0. The summed E-state index contributed by atoms with van der Waals surface area (Å²) < 4.78 is 28.5. The molecule has 6 heteroatoms. The number of nitrogens with two attached hydrogens (primary N) is 1. The molecule has 4 nitrogen and oxygen atoms in total. The topological polar surface area (TPSA) is 56.7 Å². The summed E-state index contributed by atoms with van der Waals surface area (Å²) in [6.45, 7) is 0.383. The SMILES string of the molecule is Nc1nc2c(F)cc(F)cc2n1Cc1ccncc1. The fourth-order valence-corrected chi connectivity index (χ4v) is 2.00. The Balaban J connectivity index is 2.15. The molecule has 3 aromatic rings. The number of imidazole rings is 1. The second-order valence-electron chi connectivity index (χ2n) is 4.17. The molecule has 0 aliphatic rings. The van der Waals surface area contributed by atoms with Gasteiger partial charge in [0, 0.05) is 24.5 Å². The van der Waals surface area contributed by atoms with Crippen LogP contribution in [0.4, 0.5) is 14.7 Å². The van der Waals surface area contributed by atoms with Crippen LogP contribution in [0.15, 0.2) is 36.7 Å². The van der Waals surface area contributed by atoms with Crippen molar-refractivity contribution in [2.75, 3.05) is 5.73 Å². The zero-order valence-electron chi connectivity index (χ0n) is 9.85. The third-order valence-electron chi connectivity index (χ3n) is 2.89.